The third kappa shape index (κ3) is 3.51. The average Bonchev–Trinajstić information content (AvgIpc) is 2.70. The fraction of sp³-hybridized carbons (Fsp3) is 0.417. The molecule has 1 saturated heterocycles. The van der Waals surface area contributed by atoms with Gasteiger partial charge in [0.1, 0.15) is 5.92 Å². The summed E-state index contributed by atoms with van der Waals surface area (Å²) in [4.78, 5) is 15.6. The molecule has 0 aliphatic carbocycles. The van der Waals surface area contributed by atoms with E-state index in [0.717, 1.165) is 22.4 Å². The van der Waals surface area contributed by atoms with Crippen LogP contribution in [0.5, 0.6) is 11.5 Å². The molecule has 0 aromatic heterocycles. The van der Waals surface area contributed by atoms with Gasteiger partial charge in [0.15, 0.2) is 22.3 Å². The zero-order valence-corrected chi connectivity index (χ0v) is 19.4. The molecule has 6 nitrogen and oxygen atoms in total. The Bertz CT molecular complexity index is 1040. The van der Waals surface area contributed by atoms with Gasteiger partial charge in [0.25, 0.3) is 0 Å². The Morgan fingerprint density at radius 1 is 1.29 bits per heavy atom. The van der Waals surface area contributed by atoms with Crippen LogP contribution in [0.1, 0.15) is 43.5 Å². The number of aryl methyl sites for hydroxylation is 2. The number of amides is 1. The summed E-state index contributed by atoms with van der Waals surface area (Å²) >= 11 is 5.64. The lowest BCUT2D eigenvalue weighted by molar-refractivity contribution is -0.149. The van der Waals surface area contributed by atoms with E-state index in [9.17, 15) is 4.79 Å². The number of carbonyl (C=O) groups excluding carboxylic acids is 1. The number of rotatable bonds is 5. The van der Waals surface area contributed by atoms with E-state index >= 15 is 0 Å². The Balaban J connectivity index is 1.79. The van der Waals surface area contributed by atoms with Crippen molar-refractivity contribution in [1.29, 1.82) is 0 Å². The van der Waals surface area contributed by atoms with E-state index in [1.165, 1.54) is 0 Å². The maximum Gasteiger partial charge on any atom is 0.236 e. The van der Waals surface area contributed by atoms with Gasteiger partial charge in [-0.25, -0.2) is 0 Å². The molecule has 4 rings (SSSR count). The van der Waals surface area contributed by atoms with Crippen LogP contribution in [0.25, 0.3) is 0 Å². The van der Waals surface area contributed by atoms with Gasteiger partial charge in [-0.1, -0.05) is 29.8 Å². The largest absolute Gasteiger partial charge is 0.490 e. The lowest BCUT2D eigenvalue weighted by Gasteiger charge is -2.56. The van der Waals surface area contributed by atoms with Crippen molar-refractivity contribution in [1.82, 2.24) is 10.2 Å². The predicted octanol–water partition coefficient (Wildman–Crippen LogP) is 4.32. The highest BCUT2D eigenvalue weighted by atomic mass is 32.1. The number of hydrogen-bond donors (Lipinski definition) is 2. The molecule has 2 aromatic rings. The molecule has 1 amide bonds. The number of carbonyl (C=O) groups is 1. The minimum absolute atomic E-state index is 0.111. The second kappa shape index (κ2) is 8.04. The van der Waals surface area contributed by atoms with E-state index in [1.807, 2.05) is 69.9 Å². The molecular formula is C24H29N3O3S. The number of nitrogens with one attached hydrogen (secondary N) is 2. The number of hydrogen-bond acceptors (Lipinski definition) is 4. The lowest BCUT2D eigenvalue weighted by Crippen LogP contribution is -2.71. The van der Waals surface area contributed by atoms with Gasteiger partial charge in [-0.2, -0.15) is 0 Å². The molecule has 2 heterocycles. The molecule has 2 aliphatic heterocycles. The molecule has 2 N–H and O–H groups in total. The summed E-state index contributed by atoms with van der Waals surface area (Å²) in [5.41, 5.74) is 2.90. The quantitative estimate of drug-likeness (QED) is 0.677. The van der Waals surface area contributed by atoms with Crippen molar-refractivity contribution in [2.75, 3.05) is 18.5 Å². The summed E-state index contributed by atoms with van der Waals surface area (Å²) in [6.45, 7) is 11.1. The van der Waals surface area contributed by atoms with Crippen molar-refractivity contribution in [2.45, 2.75) is 46.4 Å². The van der Waals surface area contributed by atoms with E-state index in [4.69, 9.17) is 21.7 Å². The van der Waals surface area contributed by atoms with Gasteiger partial charge < -0.3 is 25.0 Å². The summed E-state index contributed by atoms with van der Waals surface area (Å²) in [5, 5.41) is 7.11. The molecule has 7 heteroatoms. The monoisotopic (exact) mass is 439 g/mol. The van der Waals surface area contributed by atoms with Gasteiger partial charge in [-0.05, 0) is 64.5 Å². The normalized spacial score (nSPS) is 24.0. The van der Waals surface area contributed by atoms with Crippen LogP contribution in [0, 0.1) is 19.8 Å². The van der Waals surface area contributed by atoms with E-state index < -0.39 is 11.6 Å². The molecule has 0 radical (unpaired) electrons. The molecule has 2 aromatic carbocycles. The Labute approximate surface area is 188 Å². The molecular weight excluding hydrogens is 410 g/mol. The van der Waals surface area contributed by atoms with Crippen molar-refractivity contribution in [3.05, 3.63) is 53.1 Å². The van der Waals surface area contributed by atoms with Gasteiger partial charge in [0.05, 0.1) is 12.6 Å². The third-order valence-electron chi connectivity index (χ3n) is 6.16. The second-order valence-corrected chi connectivity index (χ2v) is 8.61. The standard InChI is InChI=1S/C24H29N3O3S/c1-6-27-23(31)26-20-16-9-8-10-18(29-7-2)21(16)30-24(27,5)19(20)22(28)25-17-12-11-14(3)13-15(17)4/h8-13,19-20H,6-7H2,1-5H3,(H,25,28)(H,26,31)/t19-,20-,24+/m1/s1. The highest BCUT2D eigenvalue weighted by Crippen LogP contribution is 2.51. The lowest BCUT2D eigenvalue weighted by atomic mass is 9.78. The molecule has 0 saturated carbocycles. The number of para-hydroxylation sites is 1. The van der Waals surface area contributed by atoms with Crippen LogP contribution in [0.15, 0.2) is 36.4 Å². The summed E-state index contributed by atoms with van der Waals surface area (Å²) in [7, 11) is 0. The first-order chi connectivity index (χ1) is 14.8. The number of ether oxygens (including phenoxy) is 2. The van der Waals surface area contributed by atoms with Crippen LogP contribution in [0.4, 0.5) is 5.69 Å². The van der Waals surface area contributed by atoms with E-state index in [-0.39, 0.29) is 11.9 Å². The zero-order chi connectivity index (χ0) is 22.3. The number of anilines is 1. The minimum Gasteiger partial charge on any atom is -0.490 e. The summed E-state index contributed by atoms with van der Waals surface area (Å²) in [6.07, 6.45) is 0. The number of fused-ring (bicyclic) bond motifs is 4. The average molecular weight is 440 g/mol. The van der Waals surface area contributed by atoms with Crippen LogP contribution in [-0.4, -0.2) is 34.8 Å². The highest BCUT2D eigenvalue weighted by molar-refractivity contribution is 7.80. The Morgan fingerprint density at radius 2 is 2.06 bits per heavy atom. The molecule has 31 heavy (non-hydrogen) atoms. The fourth-order valence-corrected chi connectivity index (χ4v) is 5.17. The maximum atomic E-state index is 13.7. The van der Waals surface area contributed by atoms with Crippen molar-refractivity contribution in [3.63, 3.8) is 0 Å². The van der Waals surface area contributed by atoms with Crippen LogP contribution >= 0.6 is 12.2 Å². The van der Waals surface area contributed by atoms with E-state index in [0.29, 0.717) is 29.8 Å². The van der Waals surface area contributed by atoms with Gasteiger partial charge in [-0.3, -0.25) is 4.79 Å². The number of thiocarbonyl (C=S) groups is 1. The summed E-state index contributed by atoms with van der Waals surface area (Å²) in [6, 6.07) is 11.5. The Hall–Kier alpha value is -2.80. The summed E-state index contributed by atoms with van der Waals surface area (Å²) in [5.74, 6) is 0.709. The van der Waals surface area contributed by atoms with Gasteiger partial charge >= 0.3 is 0 Å². The first kappa shape index (κ1) is 21.4. The molecule has 2 bridgehead atoms. The smallest absolute Gasteiger partial charge is 0.236 e. The number of nitrogens with zero attached hydrogens (tertiary/aromatic N) is 1. The molecule has 0 unspecified atom stereocenters. The molecule has 0 spiro atoms. The second-order valence-electron chi connectivity index (χ2n) is 8.22. The topological polar surface area (TPSA) is 62.8 Å². The highest BCUT2D eigenvalue weighted by Gasteiger charge is 2.58. The zero-order valence-electron chi connectivity index (χ0n) is 18.6. The van der Waals surface area contributed by atoms with Crippen LogP contribution in [0.3, 0.4) is 0 Å². The maximum absolute atomic E-state index is 13.7. The molecule has 3 atom stereocenters. The summed E-state index contributed by atoms with van der Waals surface area (Å²) < 4.78 is 12.4. The predicted molar refractivity (Wildman–Crippen MR) is 126 cm³/mol. The van der Waals surface area contributed by atoms with Crippen LogP contribution in [0.2, 0.25) is 0 Å². The van der Waals surface area contributed by atoms with Gasteiger partial charge in [0.2, 0.25) is 5.91 Å². The minimum atomic E-state index is -0.954. The van der Waals surface area contributed by atoms with Crippen molar-refractivity contribution >= 4 is 28.9 Å². The van der Waals surface area contributed by atoms with E-state index in [1.54, 1.807) is 0 Å². The Kier molecular flexibility index (Phi) is 5.56. The number of benzene rings is 2. The van der Waals surface area contributed by atoms with Crippen molar-refractivity contribution < 1.29 is 14.3 Å². The molecule has 2 aliphatic rings. The van der Waals surface area contributed by atoms with E-state index in [2.05, 4.69) is 16.7 Å². The fourth-order valence-electron chi connectivity index (χ4n) is 4.73. The van der Waals surface area contributed by atoms with Gasteiger partial charge in [0, 0.05) is 17.8 Å². The van der Waals surface area contributed by atoms with Crippen molar-refractivity contribution in [2.24, 2.45) is 5.92 Å². The van der Waals surface area contributed by atoms with Crippen LogP contribution in [-0.2, 0) is 4.79 Å². The first-order valence-electron chi connectivity index (χ1n) is 10.7. The van der Waals surface area contributed by atoms with Crippen LogP contribution < -0.4 is 20.1 Å². The first-order valence-corrected chi connectivity index (χ1v) is 11.1. The third-order valence-corrected chi connectivity index (χ3v) is 6.50. The van der Waals surface area contributed by atoms with Gasteiger partial charge in [-0.15, -0.1) is 0 Å². The molecule has 1 fully saturated rings. The molecule has 164 valence electrons. The Morgan fingerprint density at radius 3 is 2.74 bits per heavy atom. The van der Waals surface area contributed by atoms with Crippen molar-refractivity contribution in [3.8, 4) is 11.5 Å². The SMILES string of the molecule is CCOc1cccc2c1O[C@@]1(C)[C@@H](C(=O)Nc3ccc(C)cc3C)[C@@H]2NC(=S)N1CC.